The minimum atomic E-state index is -4.90. The molecule has 1 aromatic carbocycles. The number of hydrogen-bond donors (Lipinski definition) is 4. The zero-order valence-corrected chi connectivity index (χ0v) is 18.7. The number of piperidine rings is 1. The summed E-state index contributed by atoms with van der Waals surface area (Å²) in [7, 11) is -4.90. The number of benzene rings is 1. The molecule has 0 aliphatic carbocycles. The van der Waals surface area contributed by atoms with E-state index in [1.165, 1.54) is 12.1 Å². The molecular formula is C19H24FN5O8S. The first-order valence-electron chi connectivity index (χ1n) is 10.6. The molecule has 13 nitrogen and oxygen atoms in total. The Kier molecular flexibility index (Phi) is 6.88. The average molecular weight is 501 g/mol. The number of ether oxygens (including phenoxy) is 1. The zero-order valence-electron chi connectivity index (χ0n) is 17.9. The highest BCUT2D eigenvalue weighted by molar-refractivity contribution is 7.80. The first kappa shape index (κ1) is 24.1. The third kappa shape index (κ3) is 5.55. The Hall–Kier alpha value is -3.01. The van der Waals surface area contributed by atoms with Crippen LogP contribution in [0.15, 0.2) is 18.2 Å². The fraction of sp³-hybridized carbons (Fsp3) is 0.526. The number of carbonyl (C=O) groups is 3. The van der Waals surface area contributed by atoms with Gasteiger partial charge in [-0.25, -0.2) is 9.18 Å². The van der Waals surface area contributed by atoms with Gasteiger partial charge in [-0.15, -0.1) is 4.28 Å². The summed E-state index contributed by atoms with van der Waals surface area (Å²) < 4.78 is 55.1. The monoisotopic (exact) mass is 501 g/mol. The van der Waals surface area contributed by atoms with Crippen molar-refractivity contribution in [1.82, 2.24) is 26.1 Å². The van der Waals surface area contributed by atoms with Crippen LogP contribution in [0.5, 0.6) is 5.75 Å². The normalized spacial score (nSPS) is 24.3. The Bertz CT molecular complexity index is 1080. The van der Waals surface area contributed by atoms with Crippen LogP contribution in [0.3, 0.4) is 0 Å². The van der Waals surface area contributed by atoms with Crippen LogP contribution >= 0.6 is 0 Å². The van der Waals surface area contributed by atoms with Crippen LogP contribution in [0.1, 0.15) is 24.8 Å². The highest BCUT2D eigenvalue weighted by Crippen LogP contribution is 2.30. The van der Waals surface area contributed by atoms with Crippen molar-refractivity contribution in [1.29, 1.82) is 0 Å². The molecule has 3 aliphatic heterocycles. The Balaban J connectivity index is 1.28. The number of fused-ring (bicyclic) bond motifs is 2. The molecule has 3 saturated heterocycles. The summed E-state index contributed by atoms with van der Waals surface area (Å²) in [5.41, 5.74) is 4.50. The summed E-state index contributed by atoms with van der Waals surface area (Å²) in [4.78, 5) is 38.2. The van der Waals surface area contributed by atoms with Crippen LogP contribution in [-0.4, -0.2) is 78.6 Å². The van der Waals surface area contributed by atoms with Gasteiger partial charge in [0.05, 0.1) is 12.5 Å². The lowest BCUT2D eigenvalue weighted by molar-refractivity contribution is -0.131. The molecule has 0 saturated carbocycles. The highest BCUT2D eigenvalue weighted by atomic mass is 32.3. The second kappa shape index (κ2) is 9.69. The molecule has 0 spiro atoms. The first-order valence-corrected chi connectivity index (χ1v) is 12.0. The number of urea groups is 1. The maximum absolute atomic E-state index is 14.4. The summed E-state index contributed by atoms with van der Waals surface area (Å²) in [6, 6.07) is 1.68. The second-order valence-corrected chi connectivity index (χ2v) is 9.21. The lowest BCUT2D eigenvalue weighted by atomic mass is 10.0. The molecule has 4 N–H and O–H groups in total. The van der Waals surface area contributed by atoms with Gasteiger partial charge in [-0.2, -0.15) is 13.5 Å². The molecule has 0 radical (unpaired) electrons. The van der Waals surface area contributed by atoms with Crippen LogP contribution in [0.2, 0.25) is 0 Å². The van der Waals surface area contributed by atoms with E-state index in [0.29, 0.717) is 17.4 Å². The van der Waals surface area contributed by atoms with Gasteiger partial charge in [0, 0.05) is 19.2 Å². The van der Waals surface area contributed by atoms with Crippen molar-refractivity contribution in [3.8, 4) is 5.75 Å². The minimum absolute atomic E-state index is 0.0109. The van der Waals surface area contributed by atoms with Gasteiger partial charge >= 0.3 is 16.4 Å². The van der Waals surface area contributed by atoms with Gasteiger partial charge < -0.3 is 15.0 Å². The van der Waals surface area contributed by atoms with Gasteiger partial charge in [0.15, 0.2) is 0 Å². The number of nitrogens with zero attached hydrogens (tertiary/aromatic N) is 2. The predicted octanol–water partition coefficient (Wildman–Crippen LogP) is -0.741. The van der Waals surface area contributed by atoms with E-state index < -0.39 is 46.1 Å². The molecule has 3 heterocycles. The van der Waals surface area contributed by atoms with E-state index >= 15 is 0 Å². The molecular weight excluding hydrogens is 477 g/mol. The van der Waals surface area contributed by atoms with Crippen molar-refractivity contribution >= 4 is 28.2 Å². The van der Waals surface area contributed by atoms with E-state index in [0.717, 1.165) is 17.9 Å². The topological polar surface area (TPSA) is 167 Å². The van der Waals surface area contributed by atoms with Crippen LogP contribution in [-0.2, 0) is 30.7 Å². The highest BCUT2D eigenvalue weighted by Gasteiger charge is 2.49. The summed E-state index contributed by atoms with van der Waals surface area (Å²) in [5, 5.41) is 3.66. The molecule has 0 aromatic heterocycles. The van der Waals surface area contributed by atoms with Gasteiger partial charge in [0.2, 0.25) is 5.91 Å². The number of hydroxylamine groups is 2. The van der Waals surface area contributed by atoms with Gasteiger partial charge in [0.25, 0.3) is 5.91 Å². The van der Waals surface area contributed by atoms with Crippen molar-refractivity contribution in [2.75, 3.05) is 19.6 Å². The number of nitrogens with one attached hydrogen (secondary N) is 3. The number of hydrogen-bond acceptors (Lipinski definition) is 8. The number of amides is 4. The summed E-state index contributed by atoms with van der Waals surface area (Å²) in [6.45, 7) is 1.53. The third-order valence-corrected chi connectivity index (χ3v) is 6.17. The zero-order chi connectivity index (χ0) is 24.5. The lowest BCUT2D eigenvalue weighted by Crippen LogP contribution is -2.54. The largest absolute Gasteiger partial charge is 0.489 e. The van der Waals surface area contributed by atoms with Crippen molar-refractivity contribution in [2.24, 2.45) is 0 Å². The standard InChI is InChI=1S/C19H24FN5O8S/c20-15-8-13(32-14-5-6-21-9-14)3-1-11(15)7-17(26)22-23-18(27)16-4-2-12-10-24(16)19(28)25(12)33-34(29,30)31/h1,3,8,12,14,16,21H,2,4-7,9-10H2,(H,22,26)(H,23,27)(H,29,30,31)/t12-,14+,16+/m1/s1. The fourth-order valence-electron chi connectivity index (χ4n) is 4.20. The molecule has 3 atom stereocenters. The summed E-state index contributed by atoms with van der Waals surface area (Å²) in [6.07, 6.45) is 0.855. The van der Waals surface area contributed by atoms with Crippen molar-refractivity contribution in [3.63, 3.8) is 0 Å². The molecule has 1 aromatic rings. The molecule has 4 amide bonds. The van der Waals surface area contributed by atoms with E-state index in [4.69, 9.17) is 9.29 Å². The Morgan fingerprint density at radius 3 is 2.71 bits per heavy atom. The molecule has 186 valence electrons. The van der Waals surface area contributed by atoms with E-state index in [-0.39, 0.29) is 37.5 Å². The number of rotatable bonds is 7. The maximum atomic E-state index is 14.4. The van der Waals surface area contributed by atoms with Crippen molar-refractivity contribution in [3.05, 3.63) is 29.6 Å². The van der Waals surface area contributed by atoms with Crippen LogP contribution in [0.4, 0.5) is 9.18 Å². The van der Waals surface area contributed by atoms with Crippen molar-refractivity contribution < 1.29 is 40.8 Å². The van der Waals surface area contributed by atoms with Gasteiger partial charge in [0.1, 0.15) is 23.7 Å². The smallest absolute Gasteiger partial charge is 0.418 e. The second-order valence-electron chi connectivity index (χ2n) is 8.21. The quantitative estimate of drug-likeness (QED) is 0.278. The van der Waals surface area contributed by atoms with Gasteiger partial charge in [-0.3, -0.25) is 25.0 Å². The fourth-order valence-corrected chi connectivity index (χ4v) is 4.59. The lowest BCUT2D eigenvalue weighted by Gasteiger charge is -2.29. The molecule has 4 rings (SSSR count). The molecule has 2 bridgehead atoms. The molecule has 15 heteroatoms. The van der Waals surface area contributed by atoms with Crippen LogP contribution in [0.25, 0.3) is 0 Å². The minimum Gasteiger partial charge on any atom is -0.489 e. The number of halogens is 1. The average Bonchev–Trinajstić information content (AvgIpc) is 3.36. The molecule has 3 aliphatic rings. The summed E-state index contributed by atoms with van der Waals surface area (Å²) >= 11 is 0. The first-order chi connectivity index (χ1) is 16.1. The Labute approximate surface area is 194 Å². The Morgan fingerprint density at radius 1 is 1.24 bits per heavy atom. The number of hydrazine groups is 1. The van der Waals surface area contributed by atoms with Crippen molar-refractivity contribution in [2.45, 2.75) is 43.9 Å². The van der Waals surface area contributed by atoms with E-state index in [1.807, 2.05) is 0 Å². The van der Waals surface area contributed by atoms with Gasteiger partial charge in [-0.1, -0.05) is 6.07 Å². The maximum Gasteiger partial charge on any atom is 0.418 e. The van der Waals surface area contributed by atoms with Gasteiger partial charge in [-0.05, 0) is 37.4 Å². The van der Waals surface area contributed by atoms with E-state index in [2.05, 4.69) is 20.5 Å². The summed E-state index contributed by atoms with van der Waals surface area (Å²) in [5.74, 6) is -1.65. The molecule has 0 unspecified atom stereocenters. The predicted molar refractivity (Wildman–Crippen MR) is 112 cm³/mol. The third-order valence-electron chi connectivity index (χ3n) is 5.82. The molecule has 3 fully saturated rings. The Morgan fingerprint density at radius 2 is 2.03 bits per heavy atom. The van der Waals surface area contributed by atoms with Crippen LogP contribution < -0.4 is 20.9 Å². The van der Waals surface area contributed by atoms with Crippen LogP contribution in [0, 0.1) is 5.82 Å². The van der Waals surface area contributed by atoms with E-state index in [1.54, 1.807) is 6.07 Å². The SMILES string of the molecule is O=C(Cc1ccc(O[C@H]2CCNC2)cc1F)NNC(=O)[C@@H]1CC[C@@H]2CN1C(=O)N2OS(=O)(=O)O. The van der Waals surface area contributed by atoms with E-state index in [9.17, 15) is 27.2 Å². The number of carbonyl (C=O) groups excluding carboxylic acids is 3. The molecule has 34 heavy (non-hydrogen) atoms.